The average Bonchev–Trinajstić information content (AvgIpc) is 2.68. The van der Waals surface area contributed by atoms with Gasteiger partial charge in [0.05, 0.1) is 0 Å². The molecule has 6 nitrogen and oxygen atoms in total. The van der Waals surface area contributed by atoms with Gasteiger partial charge in [0.2, 0.25) is 0 Å². The number of tetrazole rings is 1. The van der Waals surface area contributed by atoms with Crippen molar-refractivity contribution in [2.24, 2.45) is 0 Å². The third kappa shape index (κ3) is 2.66. The van der Waals surface area contributed by atoms with Gasteiger partial charge >= 0.3 is 5.97 Å². The van der Waals surface area contributed by atoms with Crippen LogP contribution in [-0.2, 0) is 17.8 Å². The van der Waals surface area contributed by atoms with Gasteiger partial charge in [-0.1, -0.05) is 24.3 Å². The highest BCUT2D eigenvalue weighted by molar-refractivity contribution is 5.66. The predicted molar refractivity (Wildman–Crippen MR) is 59.4 cm³/mol. The zero-order valence-corrected chi connectivity index (χ0v) is 9.37. The second-order valence-corrected chi connectivity index (χ2v) is 3.75. The van der Waals surface area contributed by atoms with Crippen LogP contribution in [0.25, 0.3) is 0 Å². The van der Waals surface area contributed by atoms with Crippen LogP contribution < -0.4 is 0 Å². The molecule has 1 aromatic heterocycles. The number of rotatable bonds is 4. The molecule has 0 aliphatic rings. The molecule has 0 fully saturated rings. The number of carboxylic acid groups (broad SMARTS) is 1. The Balaban J connectivity index is 2.22. The van der Waals surface area contributed by atoms with Gasteiger partial charge in [0.25, 0.3) is 0 Å². The molecule has 0 saturated heterocycles. The normalized spacial score (nSPS) is 10.4. The monoisotopic (exact) mass is 232 g/mol. The summed E-state index contributed by atoms with van der Waals surface area (Å²) in [6.07, 6.45) is 0.535. The summed E-state index contributed by atoms with van der Waals surface area (Å²) >= 11 is 0. The van der Waals surface area contributed by atoms with E-state index in [1.54, 1.807) is 0 Å². The molecule has 88 valence electrons. The first-order valence-corrected chi connectivity index (χ1v) is 5.18. The molecular weight excluding hydrogens is 220 g/mol. The Morgan fingerprint density at radius 3 is 2.88 bits per heavy atom. The lowest BCUT2D eigenvalue weighted by Gasteiger charge is -2.04. The summed E-state index contributed by atoms with van der Waals surface area (Å²) in [5.74, 6) is -0.398. The van der Waals surface area contributed by atoms with Crippen LogP contribution in [0.1, 0.15) is 17.0 Å². The Labute approximate surface area is 97.9 Å². The maximum absolute atomic E-state index is 10.6. The van der Waals surface area contributed by atoms with Crippen LogP contribution in [0.5, 0.6) is 0 Å². The number of aromatic nitrogens is 4. The van der Waals surface area contributed by atoms with Crippen molar-refractivity contribution < 1.29 is 9.90 Å². The fourth-order valence-corrected chi connectivity index (χ4v) is 1.58. The van der Waals surface area contributed by atoms with E-state index in [9.17, 15) is 4.79 Å². The maximum atomic E-state index is 10.6. The minimum absolute atomic E-state index is 0.214. The first-order valence-electron chi connectivity index (χ1n) is 5.18. The van der Waals surface area contributed by atoms with Crippen LogP contribution in [0.4, 0.5) is 0 Å². The summed E-state index contributed by atoms with van der Waals surface area (Å²) in [6.45, 7) is 1.79. The van der Waals surface area contributed by atoms with Gasteiger partial charge in [0, 0.05) is 6.42 Å². The minimum Gasteiger partial charge on any atom is -0.480 e. The fourth-order valence-electron chi connectivity index (χ4n) is 1.58. The highest BCUT2D eigenvalue weighted by Gasteiger charge is 2.10. The zero-order chi connectivity index (χ0) is 12.3. The van der Waals surface area contributed by atoms with Crippen LogP contribution >= 0.6 is 0 Å². The number of benzene rings is 1. The van der Waals surface area contributed by atoms with E-state index in [1.807, 2.05) is 31.2 Å². The highest BCUT2D eigenvalue weighted by Crippen LogP contribution is 2.11. The third-order valence-corrected chi connectivity index (χ3v) is 2.50. The molecule has 0 bridgehead atoms. The number of aliphatic carboxylic acids is 1. The first kappa shape index (κ1) is 11.3. The SMILES string of the molecule is Cc1ccccc1Cc1nnnn1CC(=O)O. The second-order valence-electron chi connectivity index (χ2n) is 3.75. The van der Waals surface area contributed by atoms with E-state index < -0.39 is 5.97 Å². The summed E-state index contributed by atoms with van der Waals surface area (Å²) in [5.41, 5.74) is 2.23. The molecule has 17 heavy (non-hydrogen) atoms. The van der Waals surface area contributed by atoms with Gasteiger partial charge in [0.1, 0.15) is 6.54 Å². The minimum atomic E-state index is -0.955. The smallest absolute Gasteiger partial charge is 0.325 e. The second kappa shape index (κ2) is 4.73. The van der Waals surface area contributed by atoms with E-state index >= 15 is 0 Å². The predicted octanol–water partition coefficient (Wildman–Crippen LogP) is 0.657. The molecule has 0 aliphatic heterocycles. The number of carbonyl (C=O) groups is 1. The quantitative estimate of drug-likeness (QED) is 0.837. The van der Waals surface area contributed by atoms with Crippen molar-refractivity contribution in [3.05, 3.63) is 41.2 Å². The molecule has 0 spiro atoms. The van der Waals surface area contributed by atoms with Crippen molar-refractivity contribution in [2.75, 3.05) is 0 Å². The summed E-state index contributed by atoms with van der Waals surface area (Å²) in [4.78, 5) is 10.6. The van der Waals surface area contributed by atoms with Gasteiger partial charge in [-0.15, -0.1) is 5.10 Å². The largest absolute Gasteiger partial charge is 0.480 e. The molecule has 1 N–H and O–H groups in total. The fraction of sp³-hybridized carbons (Fsp3) is 0.273. The standard InChI is InChI=1S/C11H12N4O2/c1-8-4-2-3-5-9(8)6-10-12-13-14-15(10)7-11(16)17/h2-5H,6-7H2,1H3,(H,16,17). The molecule has 0 radical (unpaired) electrons. The average molecular weight is 232 g/mol. The van der Waals surface area contributed by atoms with Crippen molar-refractivity contribution in [3.8, 4) is 0 Å². The van der Waals surface area contributed by atoms with Gasteiger partial charge in [-0.2, -0.15) is 0 Å². The van der Waals surface area contributed by atoms with Crippen molar-refractivity contribution in [3.63, 3.8) is 0 Å². The maximum Gasteiger partial charge on any atom is 0.325 e. The Bertz CT molecular complexity index is 536. The molecule has 2 rings (SSSR count). The number of hydrogen-bond donors (Lipinski definition) is 1. The molecule has 6 heteroatoms. The lowest BCUT2D eigenvalue weighted by atomic mass is 10.1. The summed E-state index contributed by atoms with van der Waals surface area (Å²) < 4.78 is 1.30. The van der Waals surface area contributed by atoms with Crippen LogP contribution in [0.2, 0.25) is 0 Å². The Morgan fingerprint density at radius 1 is 1.41 bits per heavy atom. The third-order valence-electron chi connectivity index (χ3n) is 2.50. The van der Waals surface area contributed by atoms with Crippen molar-refractivity contribution in [1.29, 1.82) is 0 Å². The van der Waals surface area contributed by atoms with E-state index in [2.05, 4.69) is 15.5 Å². The highest BCUT2D eigenvalue weighted by atomic mass is 16.4. The molecular formula is C11H12N4O2. The molecule has 2 aromatic rings. The molecule has 0 atom stereocenters. The molecule has 0 amide bonds. The van der Waals surface area contributed by atoms with Crippen molar-refractivity contribution in [2.45, 2.75) is 19.9 Å². The lowest BCUT2D eigenvalue weighted by Crippen LogP contribution is -2.14. The molecule has 1 heterocycles. The Kier molecular flexibility index (Phi) is 3.13. The molecule has 0 unspecified atom stereocenters. The summed E-state index contributed by atoms with van der Waals surface area (Å²) in [7, 11) is 0. The summed E-state index contributed by atoms with van der Waals surface area (Å²) in [5, 5.41) is 19.7. The van der Waals surface area contributed by atoms with Gasteiger partial charge in [0.15, 0.2) is 5.82 Å². The topological polar surface area (TPSA) is 80.9 Å². The van der Waals surface area contributed by atoms with Crippen molar-refractivity contribution >= 4 is 5.97 Å². The first-order chi connectivity index (χ1) is 8.16. The number of nitrogens with zero attached hydrogens (tertiary/aromatic N) is 4. The van der Waals surface area contributed by atoms with Crippen LogP contribution in [0, 0.1) is 6.92 Å². The van der Waals surface area contributed by atoms with E-state index in [0.29, 0.717) is 12.2 Å². The van der Waals surface area contributed by atoms with E-state index in [0.717, 1.165) is 11.1 Å². The Hall–Kier alpha value is -2.24. The van der Waals surface area contributed by atoms with E-state index in [-0.39, 0.29) is 6.54 Å². The van der Waals surface area contributed by atoms with Crippen LogP contribution in [0.15, 0.2) is 24.3 Å². The Morgan fingerprint density at radius 2 is 2.18 bits per heavy atom. The number of aryl methyl sites for hydroxylation is 1. The van der Waals surface area contributed by atoms with Gasteiger partial charge in [-0.3, -0.25) is 4.79 Å². The van der Waals surface area contributed by atoms with Crippen molar-refractivity contribution in [1.82, 2.24) is 20.2 Å². The number of hydrogen-bond acceptors (Lipinski definition) is 4. The van der Waals surface area contributed by atoms with Crippen LogP contribution in [-0.4, -0.2) is 31.3 Å². The zero-order valence-electron chi connectivity index (χ0n) is 9.37. The van der Waals surface area contributed by atoms with E-state index in [4.69, 9.17) is 5.11 Å². The molecule has 0 saturated carbocycles. The van der Waals surface area contributed by atoms with Gasteiger partial charge in [-0.25, -0.2) is 4.68 Å². The molecule has 1 aromatic carbocycles. The van der Waals surface area contributed by atoms with Gasteiger partial charge in [-0.05, 0) is 28.5 Å². The lowest BCUT2D eigenvalue weighted by molar-refractivity contribution is -0.138. The van der Waals surface area contributed by atoms with Crippen LogP contribution in [0.3, 0.4) is 0 Å². The molecule has 0 aliphatic carbocycles. The summed E-state index contributed by atoms with van der Waals surface area (Å²) in [6, 6.07) is 7.88. The van der Waals surface area contributed by atoms with E-state index in [1.165, 1.54) is 4.68 Å². The van der Waals surface area contributed by atoms with Gasteiger partial charge < -0.3 is 5.11 Å². The number of carboxylic acids is 1.